The lowest BCUT2D eigenvalue weighted by Crippen LogP contribution is -2.33. The van der Waals surface area contributed by atoms with E-state index in [9.17, 15) is 0 Å². The van der Waals surface area contributed by atoms with Gasteiger partial charge < -0.3 is 26.6 Å². The van der Waals surface area contributed by atoms with E-state index in [-0.39, 0.29) is 0 Å². The Morgan fingerprint density at radius 3 is 0.684 bits per heavy atom. The lowest BCUT2D eigenvalue weighted by Gasteiger charge is -2.26. The maximum Gasteiger partial charge on any atom is 0.187 e. The molecule has 0 aromatic rings. The van der Waals surface area contributed by atoms with Gasteiger partial charge in [0.05, 0.1) is 0 Å². The number of hydrogen-bond acceptors (Lipinski definition) is 6. The molecule has 0 aliphatic heterocycles. The van der Waals surface area contributed by atoms with Gasteiger partial charge in [-0.05, 0) is 156 Å². The summed E-state index contributed by atoms with van der Waals surface area (Å²) in [6.07, 6.45) is 21.2. The molecule has 0 saturated carbocycles. The van der Waals surface area contributed by atoms with Crippen molar-refractivity contribution in [2.75, 3.05) is 27.4 Å². The van der Waals surface area contributed by atoms with Crippen molar-refractivity contribution in [2.45, 2.75) is 265 Å². The molecule has 0 atom stereocenters. The maximum absolute atomic E-state index is 6.07. The zero-order valence-corrected chi connectivity index (χ0v) is 48.9. The van der Waals surface area contributed by atoms with Crippen molar-refractivity contribution in [2.24, 2.45) is 0 Å². The Balaban J connectivity index is -0.000000772. The zero-order chi connectivity index (χ0) is 44.7. The number of rotatable bonds is 34. The molecule has 0 rings (SSSR count). The van der Waals surface area contributed by atoms with E-state index in [0.29, 0.717) is 12.2 Å². The molecule has 0 aromatic carbocycles. The lowest BCUT2D eigenvalue weighted by atomic mass is 10.2. The van der Waals surface area contributed by atoms with Gasteiger partial charge in [-0.3, -0.25) is 0 Å². The molecule has 0 saturated heterocycles. The zero-order valence-electron chi connectivity index (χ0n) is 42.9. The molecule has 0 fully saturated rings. The van der Waals surface area contributed by atoms with Gasteiger partial charge >= 0.3 is 0 Å². The minimum atomic E-state index is -1.40. The molecule has 0 amide bonds. The molecule has 0 N–H and O–H groups in total. The third-order valence-corrected chi connectivity index (χ3v) is 26.9. The van der Waals surface area contributed by atoms with Gasteiger partial charge in [0.25, 0.3) is 0 Å². The summed E-state index contributed by atoms with van der Waals surface area (Å²) in [5.74, 6) is 0. The van der Waals surface area contributed by atoms with E-state index in [2.05, 4.69) is 120 Å². The molecule has 0 aromatic heterocycles. The van der Waals surface area contributed by atoms with Crippen molar-refractivity contribution < 1.29 is 26.6 Å². The van der Waals surface area contributed by atoms with Crippen molar-refractivity contribution >= 4 is 49.9 Å². The van der Waals surface area contributed by atoms with Crippen LogP contribution in [0.25, 0.3) is 0 Å². The van der Waals surface area contributed by atoms with Crippen molar-refractivity contribution in [3.63, 3.8) is 0 Å². The van der Waals surface area contributed by atoms with Crippen molar-refractivity contribution in [1.29, 1.82) is 0 Å². The van der Waals surface area contributed by atoms with Gasteiger partial charge in [-0.15, -0.1) is 0 Å². The number of unbranched alkanes of at least 4 members (excludes halogenated alkanes) is 12. The Hall–Kier alpha value is 1.06. The van der Waals surface area contributed by atoms with Gasteiger partial charge in [0.1, 0.15) is 0 Å². The smallest absolute Gasteiger partial charge is 0.187 e. The first-order valence-corrected chi connectivity index (χ1v) is 42.6. The summed E-state index contributed by atoms with van der Waals surface area (Å²) < 4.78 is 35.0. The van der Waals surface area contributed by atoms with E-state index in [1.807, 2.05) is 14.2 Å². The fraction of sp³-hybridized carbons (Fsp3) is 1.00. The van der Waals surface area contributed by atoms with Gasteiger partial charge in [0.15, 0.2) is 49.9 Å². The predicted octanol–water partition coefficient (Wildman–Crippen LogP) is 16.3. The maximum atomic E-state index is 6.07. The van der Waals surface area contributed by atoms with Crippen molar-refractivity contribution in [1.82, 2.24) is 0 Å². The fourth-order valence-corrected chi connectivity index (χ4v) is 19.1. The molecular formula is C45H108O6Si6. The van der Waals surface area contributed by atoms with Crippen LogP contribution in [0.2, 0.25) is 115 Å². The van der Waals surface area contributed by atoms with E-state index >= 15 is 0 Å². The van der Waals surface area contributed by atoms with E-state index in [1.165, 1.54) is 133 Å². The Morgan fingerprint density at radius 2 is 0.491 bits per heavy atom. The molecule has 0 bridgehead atoms. The van der Waals surface area contributed by atoms with Gasteiger partial charge in [-0.1, -0.05) is 96.3 Å². The Kier molecular flexibility index (Phi) is 37.8. The summed E-state index contributed by atoms with van der Waals surface area (Å²) in [4.78, 5) is 0. The Bertz CT molecular complexity index is 832. The van der Waals surface area contributed by atoms with Crippen molar-refractivity contribution in [3.8, 4) is 0 Å². The van der Waals surface area contributed by atoms with Crippen LogP contribution in [-0.4, -0.2) is 89.5 Å². The minimum Gasteiger partial charge on any atom is -0.420 e. The minimum absolute atomic E-state index is 0.389. The Labute approximate surface area is 367 Å². The topological polar surface area (TPSA) is 55.4 Å². The van der Waals surface area contributed by atoms with Gasteiger partial charge in [0.2, 0.25) is 0 Å². The molecule has 0 spiro atoms. The molecule has 0 aliphatic carbocycles. The third-order valence-electron chi connectivity index (χ3n) is 11.0. The standard InChI is InChI=1S/C17H40O2Si2.C15H36O2Si2.C13H32O2Si2/c1-16(2)18-20(5,6)14-12-10-9-11-13-15-21(7,8)19-17(3)4;1-7-16-18(3,4)14-12-10-9-11-13-15-19(5,6)17-8-2;1-14-16(3,4)12-10-8-7-9-11-13-17(5,6)15-2/h16-17H,9-15H2,1-8H3;7-15H2,1-6H3;7-13H2,1-6H3. The third kappa shape index (κ3) is 46.4. The van der Waals surface area contributed by atoms with Crippen LogP contribution in [0.3, 0.4) is 0 Å². The van der Waals surface area contributed by atoms with E-state index < -0.39 is 49.9 Å². The molecule has 57 heavy (non-hydrogen) atoms. The summed E-state index contributed by atoms with van der Waals surface area (Å²) in [7, 11) is -4.30. The van der Waals surface area contributed by atoms with Crippen LogP contribution < -0.4 is 0 Å². The molecule has 6 nitrogen and oxygen atoms in total. The van der Waals surface area contributed by atoms with E-state index in [4.69, 9.17) is 26.6 Å². The molecule has 0 aliphatic rings. The van der Waals surface area contributed by atoms with Crippen LogP contribution >= 0.6 is 0 Å². The highest BCUT2D eigenvalue weighted by Crippen LogP contribution is 2.23. The van der Waals surface area contributed by atoms with E-state index in [1.54, 1.807) is 0 Å². The highest BCUT2D eigenvalue weighted by atomic mass is 28.4. The average molecular weight is 914 g/mol. The normalized spacial score (nSPS) is 13.2. The summed E-state index contributed by atoms with van der Waals surface area (Å²) in [5.41, 5.74) is 0. The first-order valence-electron chi connectivity index (χ1n) is 23.9. The van der Waals surface area contributed by atoms with Crippen LogP contribution in [0.15, 0.2) is 0 Å². The number of hydrogen-bond donors (Lipinski definition) is 0. The fourth-order valence-electron chi connectivity index (χ4n) is 7.42. The van der Waals surface area contributed by atoms with Crippen LogP contribution in [0.1, 0.15) is 138 Å². The SMILES string of the molecule is CC(C)O[Si](C)(C)CCCCCCC[Si](C)(C)OC(C)C.CCO[Si](C)(C)CCCCCCC[Si](C)(C)OCC.CO[Si](C)(C)CCCCCCC[Si](C)(C)OC. The summed E-state index contributed by atoms with van der Waals surface area (Å²) >= 11 is 0. The first kappa shape index (κ1) is 62.4. The first-order chi connectivity index (χ1) is 26.2. The van der Waals surface area contributed by atoms with Crippen LogP contribution in [-0.2, 0) is 26.6 Å². The summed E-state index contributed by atoms with van der Waals surface area (Å²) in [6.45, 7) is 42.6. The van der Waals surface area contributed by atoms with Gasteiger partial charge in [0, 0.05) is 39.6 Å². The van der Waals surface area contributed by atoms with E-state index in [0.717, 1.165) is 13.2 Å². The average Bonchev–Trinajstić information content (AvgIpc) is 3.06. The van der Waals surface area contributed by atoms with Gasteiger partial charge in [-0.2, -0.15) is 0 Å². The second-order valence-electron chi connectivity index (χ2n) is 21.0. The molecule has 0 radical (unpaired) electrons. The highest BCUT2D eigenvalue weighted by molar-refractivity contribution is 6.72. The molecule has 0 heterocycles. The lowest BCUT2D eigenvalue weighted by molar-refractivity contribution is 0.230. The molecular weight excluding hydrogens is 805 g/mol. The van der Waals surface area contributed by atoms with Crippen LogP contribution in [0.5, 0.6) is 0 Å². The highest BCUT2D eigenvalue weighted by Gasteiger charge is 2.25. The summed E-state index contributed by atoms with van der Waals surface area (Å²) in [5, 5.41) is 0. The largest absolute Gasteiger partial charge is 0.420 e. The Morgan fingerprint density at radius 1 is 0.298 bits per heavy atom. The second-order valence-corrected chi connectivity index (χ2v) is 47.0. The quantitative estimate of drug-likeness (QED) is 0.0474. The monoisotopic (exact) mass is 913 g/mol. The van der Waals surface area contributed by atoms with Crippen molar-refractivity contribution in [3.05, 3.63) is 0 Å². The second kappa shape index (κ2) is 34.5. The van der Waals surface area contributed by atoms with Crippen LogP contribution in [0.4, 0.5) is 0 Å². The predicted molar refractivity (Wildman–Crippen MR) is 273 cm³/mol. The van der Waals surface area contributed by atoms with Crippen LogP contribution in [0, 0.1) is 0 Å². The molecule has 0 unspecified atom stereocenters. The molecule has 12 heteroatoms. The molecule has 348 valence electrons. The van der Waals surface area contributed by atoms with Gasteiger partial charge in [-0.25, -0.2) is 0 Å². The summed E-state index contributed by atoms with van der Waals surface area (Å²) in [6, 6.07) is 7.87.